The summed E-state index contributed by atoms with van der Waals surface area (Å²) in [6.45, 7) is 0. The van der Waals surface area contributed by atoms with E-state index in [1.54, 1.807) is 24.3 Å². The van der Waals surface area contributed by atoms with Gasteiger partial charge in [0.05, 0.1) is 0 Å². The second kappa shape index (κ2) is 4.71. The molecule has 0 N–H and O–H groups in total. The zero-order valence-electron chi connectivity index (χ0n) is 11.6. The Hall–Kier alpha value is -2.59. The van der Waals surface area contributed by atoms with Crippen LogP contribution in [0.5, 0.6) is 5.75 Å². The first-order chi connectivity index (χ1) is 10.6. The largest absolute Gasteiger partial charge is 0.378 e. The maximum absolute atomic E-state index is 12.5. The Kier molecular flexibility index (Phi) is 2.81. The Morgan fingerprint density at radius 2 is 1.55 bits per heavy atom. The Balaban J connectivity index is 2.06. The van der Waals surface area contributed by atoms with Gasteiger partial charge in [-0.3, -0.25) is 0 Å². The lowest BCUT2D eigenvalue weighted by molar-refractivity contribution is 0.485. The van der Waals surface area contributed by atoms with E-state index >= 15 is 0 Å². The Morgan fingerprint density at radius 1 is 0.773 bits per heavy atom. The average Bonchev–Trinajstić information content (AvgIpc) is 2.52. The number of rotatable bonds is 0. The highest BCUT2D eigenvalue weighted by Gasteiger charge is 2.23. The second-order valence-electron chi connectivity index (χ2n) is 5.11. The van der Waals surface area contributed by atoms with Crippen LogP contribution >= 0.6 is 0 Å². The maximum Gasteiger partial charge on any atom is 0.339 e. The molecule has 0 unspecified atom stereocenters. The van der Waals surface area contributed by atoms with Gasteiger partial charge in [-0.1, -0.05) is 54.6 Å². The van der Waals surface area contributed by atoms with E-state index in [0.717, 1.165) is 16.3 Å². The molecular weight excluding hydrogens is 296 g/mol. The van der Waals surface area contributed by atoms with Crippen LogP contribution in [-0.4, -0.2) is 8.42 Å². The van der Waals surface area contributed by atoms with Crippen LogP contribution in [0.1, 0.15) is 11.1 Å². The van der Waals surface area contributed by atoms with E-state index < -0.39 is 10.1 Å². The zero-order chi connectivity index (χ0) is 15.2. The van der Waals surface area contributed by atoms with E-state index in [0.29, 0.717) is 11.3 Å². The van der Waals surface area contributed by atoms with E-state index in [4.69, 9.17) is 4.18 Å². The number of hydrogen-bond acceptors (Lipinski definition) is 3. The first-order valence-corrected chi connectivity index (χ1v) is 8.29. The first kappa shape index (κ1) is 13.1. The third-order valence-corrected chi connectivity index (χ3v) is 5.06. The highest BCUT2D eigenvalue weighted by molar-refractivity contribution is 7.87. The van der Waals surface area contributed by atoms with Gasteiger partial charge >= 0.3 is 10.1 Å². The molecule has 3 nitrogen and oxygen atoms in total. The monoisotopic (exact) mass is 308 g/mol. The van der Waals surface area contributed by atoms with Crippen LogP contribution < -0.4 is 4.18 Å². The summed E-state index contributed by atoms with van der Waals surface area (Å²) in [6.07, 6.45) is 3.73. The highest BCUT2D eigenvalue weighted by Crippen LogP contribution is 2.34. The van der Waals surface area contributed by atoms with Gasteiger partial charge in [0.25, 0.3) is 0 Å². The minimum Gasteiger partial charge on any atom is -0.378 e. The molecule has 108 valence electrons. The molecular formula is C18H12O3S. The molecule has 0 saturated heterocycles. The lowest BCUT2D eigenvalue weighted by Crippen LogP contribution is -2.13. The van der Waals surface area contributed by atoms with Gasteiger partial charge in [0.2, 0.25) is 0 Å². The Labute approximate surface area is 128 Å². The third-order valence-electron chi connectivity index (χ3n) is 3.75. The van der Waals surface area contributed by atoms with Crippen LogP contribution in [0.15, 0.2) is 65.6 Å². The molecule has 0 amide bonds. The Morgan fingerprint density at radius 3 is 2.45 bits per heavy atom. The van der Waals surface area contributed by atoms with E-state index in [9.17, 15) is 8.42 Å². The fourth-order valence-corrected chi connectivity index (χ4v) is 3.84. The molecule has 0 radical (unpaired) electrons. The molecule has 0 bridgehead atoms. The van der Waals surface area contributed by atoms with Crippen molar-refractivity contribution >= 4 is 33.0 Å². The quantitative estimate of drug-likeness (QED) is 0.587. The molecule has 0 aromatic heterocycles. The van der Waals surface area contributed by atoms with Crippen molar-refractivity contribution in [2.75, 3.05) is 0 Å². The van der Waals surface area contributed by atoms with E-state index in [-0.39, 0.29) is 4.90 Å². The minimum absolute atomic E-state index is 0.185. The van der Waals surface area contributed by atoms with Crippen LogP contribution in [0.3, 0.4) is 0 Å². The number of fused-ring (bicyclic) bond motifs is 4. The van der Waals surface area contributed by atoms with Crippen molar-refractivity contribution in [2.24, 2.45) is 0 Å². The molecule has 4 heteroatoms. The second-order valence-corrected chi connectivity index (χ2v) is 6.62. The summed E-state index contributed by atoms with van der Waals surface area (Å²) >= 11 is 0. The molecule has 3 aromatic rings. The smallest absolute Gasteiger partial charge is 0.339 e. The van der Waals surface area contributed by atoms with Crippen molar-refractivity contribution < 1.29 is 12.6 Å². The lowest BCUT2D eigenvalue weighted by atomic mass is 10.0. The minimum atomic E-state index is -3.84. The average molecular weight is 308 g/mol. The predicted molar refractivity (Wildman–Crippen MR) is 87.1 cm³/mol. The SMILES string of the molecule is O=S1(=O)Oc2ccc3ccccc3c2/C=C\c2ccccc21. The van der Waals surface area contributed by atoms with Gasteiger partial charge in [-0.15, -0.1) is 0 Å². The third kappa shape index (κ3) is 2.00. The van der Waals surface area contributed by atoms with E-state index in [1.807, 2.05) is 48.6 Å². The van der Waals surface area contributed by atoms with Gasteiger partial charge in [-0.2, -0.15) is 8.42 Å². The normalized spacial score (nSPS) is 16.7. The summed E-state index contributed by atoms with van der Waals surface area (Å²) in [4.78, 5) is 0.185. The molecule has 0 saturated carbocycles. The van der Waals surface area contributed by atoms with Crippen molar-refractivity contribution in [3.8, 4) is 5.75 Å². The van der Waals surface area contributed by atoms with Gasteiger partial charge in [0, 0.05) is 5.56 Å². The summed E-state index contributed by atoms with van der Waals surface area (Å²) in [5.41, 5.74) is 1.40. The summed E-state index contributed by atoms with van der Waals surface area (Å²) in [5, 5.41) is 2.01. The fraction of sp³-hybridized carbons (Fsp3) is 0. The molecule has 1 aliphatic rings. The van der Waals surface area contributed by atoms with Gasteiger partial charge in [-0.05, 0) is 34.5 Å². The molecule has 0 spiro atoms. The lowest BCUT2D eigenvalue weighted by Gasteiger charge is -2.15. The molecule has 3 aromatic carbocycles. The van der Waals surface area contributed by atoms with Crippen molar-refractivity contribution in [2.45, 2.75) is 4.90 Å². The topological polar surface area (TPSA) is 43.4 Å². The highest BCUT2D eigenvalue weighted by atomic mass is 32.2. The molecule has 1 aliphatic heterocycles. The van der Waals surface area contributed by atoms with Gasteiger partial charge in [-0.25, -0.2) is 0 Å². The molecule has 22 heavy (non-hydrogen) atoms. The standard InChI is InChI=1S/C18H12O3S/c19-22(20)18-8-4-2-6-14(18)9-11-16-15-7-3-1-5-13(15)10-12-17(16)21-22/h1-12H/b11-9-. The van der Waals surface area contributed by atoms with Gasteiger partial charge in [0.15, 0.2) is 5.75 Å². The summed E-state index contributed by atoms with van der Waals surface area (Å²) in [5.74, 6) is 0.351. The van der Waals surface area contributed by atoms with Crippen LogP contribution in [0.4, 0.5) is 0 Å². The molecule has 1 heterocycles. The van der Waals surface area contributed by atoms with E-state index in [1.165, 1.54) is 0 Å². The predicted octanol–water partition coefficient (Wildman–Crippen LogP) is 4.09. The van der Waals surface area contributed by atoms with Crippen molar-refractivity contribution in [1.29, 1.82) is 0 Å². The van der Waals surface area contributed by atoms with Crippen LogP contribution in [-0.2, 0) is 10.1 Å². The van der Waals surface area contributed by atoms with Crippen molar-refractivity contribution in [3.05, 3.63) is 71.8 Å². The first-order valence-electron chi connectivity index (χ1n) is 6.88. The summed E-state index contributed by atoms with van der Waals surface area (Å²) in [6, 6.07) is 18.2. The molecule has 0 atom stereocenters. The zero-order valence-corrected chi connectivity index (χ0v) is 12.4. The number of benzene rings is 3. The van der Waals surface area contributed by atoms with Crippen LogP contribution in [0, 0.1) is 0 Å². The summed E-state index contributed by atoms with van der Waals surface area (Å²) < 4.78 is 30.4. The molecule has 0 aliphatic carbocycles. The van der Waals surface area contributed by atoms with Gasteiger partial charge < -0.3 is 4.18 Å². The molecule has 4 rings (SSSR count). The van der Waals surface area contributed by atoms with Crippen LogP contribution in [0.25, 0.3) is 22.9 Å². The van der Waals surface area contributed by atoms with E-state index in [2.05, 4.69) is 0 Å². The maximum atomic E-state index is 12.5. The van der Waals surface area contributed by atoms with Gasteiger partial charge in [0.1, 0.15) is 4.90 Å². The summed E-state index contributed by atoms with van der Waals surface area (Å²) in [7, 11) is -3.84. The molecule has 0 fully saturated rings. The van der Waals surface area contributed by atoms with Crippen molar-refractivity contribution in [3.63, 3.8) is 0 Å². The Bertz CT molecular complexity index is 1020. The van der Waals surface area contributed by atoms with Crippen molar-refractivity contribution in [1.82, 2.24) is 0 Å². The fourth-order valence-electron chi connectivity index (χ4n) is 2.70. The number of hydrogen-bond donors (Lipinski definition) is 0. The van der Waals surface area contributed by atoms with Crippen LogP contribution in [0.2, 0.25) is 0 Å².